The molecular formula is C25H24N2O5. The summed E-state index contributed by atoms with van der Waals surface area (Å²) in [4.78, 5) is 27.1. The second-order valence-corrected chi connectivity index (χ2v) is 7.49. The van der Waals surface area contributed by atoms with E-state index in [0.717, 1.165) is 11.1 Å². The summed E-state index contributed by atoms with van der Waals surface area (Å²) in [5.74, 6) is 1.17. The molecule has 0 radical (unpaired) electrons. The molecule has 0 saturated heterocycles. The number of rotatable bonds is 6. The van der Waals surface area contributed by atoms with Gasteiger partial charge in [-0.15, -0.1) is 0 Å². The predicted molar refractivity (Wildman–Crippen MR) is 122 cm³/mol. The van der Waals surface area contributed by atoms with Crippen molar-refractivity contribution in [2.24, 2.45) is 0 Å². The van der Waals surface area contributed by atoms with Gasteiger partial charge in [0.15, 0.2) is 6.61 Å². The van der Waals surface area contributed by atoms with Crippen LogP contribution in [0.3, 0.4) is 0 Å². The second-order valence-electron chi connectivity index (χ2n) is 7.49. The first-order chi connectivity index (χ1) is 15.5. The van der Waals surface area contributed by atoms with Crippen LogP contribution >= 0.6 is 0 Å². The zero-order valence-electron chi connectivity index (χ0n) is 18.2. The van der Waals surface area contributed by atoms with Crippen LogP contribution in [0.15, 0.2) is 60.7 Å². The van der Waals surface area contributed by atoms with E-state index < -0.39 is 0 Å². The maximum atomic E-state index is 12.9. The van der Waals surface area contributed by atoms with Gasteiger partial charge in [-0.2, -0.15) is 0 Å². The Bertz CT molecular complexity index is 1140. The largest absolute Gasteiger partial charge is 0.497 e. The zero-order chi connectivity index (χ0) is 22.7. The van der Waals surface area contributed by atoms with E-state index in [2.05, 4.69) is 5.32 Å². The summed E-state index contributed by atoms with van der Waals surface area (Å²) in [6, 6.07) is 18.2. The molecule has 1 heterocycles. The maximum Gasteiger partial charge on any atom is 0.265 e. The van der Waals surface area contributed by atoms with E-state index >= 15 is 0 Å². The van der Waals surface area contributed by atoms with Crippen LogP contribution in [0.2, 0.25) is 0 Å². The summed E-state index contributed by atoms with van der Waals surface area (Å²) in [5, 5.41) is 2.87. The van der Waals surface area contributed by atoms with Gasteiger partial charge in [0.05, 0.1) is 26.5 Å². The Kier molecular flexibility index (Phi) is 5.98. The van der Waals surface area contributed by atoms with Crippen LogP contribution in [-0.4, -0.2) is 32.6 Å². The van der Waals surface area contributed by atoms with Crippen molar-refractivity contribution >= 4 is 23.2 Å². The van der Waals surface area contributed by atoms with Crippen molar-refractivity contribution in [3.05, 3.63) is 77.4 Å². The van der Waals surface area contributed by atoms with Gasteiger partial charge in [-0.25, -0.2) is 0 Å². The average Bonchev–Trinajstić information content (AvgIpc) is 2.81. The number of anilines is 2. The number of nitrogens with one attached hydrogen (secondary N) is 1. The topological polar surface area (TPSA) is 77.1 Å². The van der Waals surface area contributed by atoms with Crippen molar-refractivity contribution in [2.75, 3.05) is 31.0 Å². The van der Waals surface area contributed by atoms with Crippen LogP contribution in [0.4, 0.5) is 11.4 Å². The van der Waals surface area contributed by atoms with E-state index in [1.165, 1.54) is 14.2 Å². The van der Waals surface area contributed by atoms with Crippen molar-refractivity contribution in [2.45, 2.75) is 13.5 Å². The Morgan fingerprint density at radius 2 is 1.69 bits per heavy atom. The highest BCUT2D eigenvalue weighted by Gasteiger charge is 2.26. The summed E-state index contributed by atoms with van der Waals surface area (Å²) < 4.78 is 16.1. The molecule has 0 atom stereocenters. The number of aryl methyl sites for hydroxylation is 1. The normalized spacial score (nSPS) is 12.6. The molecular weight excluding hydrogens is 408 g/mol. The number of carbonyl (C=O) groups excluding carboxylic acids is 2. The highest BCUT2D eigenvalue weighted by molar-refractivity contribution is 6.06. The zero-order valence-corrected chi connectivity index (χ0v) is 18.2. The molecule has 2 amide bonds. The number of methoxy groups -OCH3 is 2. The second kappa shape index (κ2) is 9.01. The standard InChI is InChI=1S/C25H24N2O5/c1-16-4-6-17(7-5-16)14-27-22-12-19(8-9-23(22)32-15-24(27)28)26-25(29)18-10-20(30-2)13-21(11-18)31-3/h4-13H,14-15H2,1-3H3,(H,26,29). The lowest BCUT2D eigenvalue weighted by molar-refractivity contribution is -0.121. The van der Waals surface area contributed by atoms with Crippen LogP contribution < -0.4 is 24.4 Å². The summed E-state index contributed by atoms with van der Waals surface area (Å²) in [6.45, 7) is 2.42. The van der Waals surface area contributed by atoms with E-state index in [9.17, 15) is 9.59 Å². The minimum absolute atomic E-state index is 0.0197. The van der Waals surface area contributed by atoms with E-state index in [0.29, 0.717) is 40.7 Å². The Morgan fingerprint density at radius 1 is 1.00 bits per heavy atom. The van der Waals surface area contributed by atoms with Gasteiger partial charge in [-0.1, -0.05) is 29.8 Å². The molecule has 7 nitrogen and oxygen atoms in total. The Hall–Kier alpha value is -4.00. The molecule has 0 saturated carbocycles. The van der Waals surface area contributed by atoms with Gasteiger partial charge in [0.1, 0.15) is 17.2 Å². The quantitative estimate of drug-likeness (QED) is 0.632. The van der Waals surface area contributed by atoms with Gasteiger partial charge < -0.3 is 24.4 Å². The van der Waals surface area contributed by atoms with Gasteiger partial charge in [-0.05, 0) is 42.8 Å². The van der Waals surface area contributed by atoms with Crippen LogP contribution in [0.25, 0.3) is 0 Å². The van der Waals surface area contributed by atoms with Crippen LogP contribution in [-0.2, 0) is 11.3 Å². The molecule has 1 N–H and O–H groups in total. The summed E-state index contributed by atoms with van der Waals surface area (Å²) in [6.07, 6.45) is 0. The summed E-state index contributed by atoms with van der Waals surface area (Å²) >= 11 is 0. The lowest BCUT2D eigenvalue weighted by Crippen LogP contribution is -2.38. The van der Waals surface area contributed by atoms with E-state index in [1.807, 2.05) is 31.2 Å². The van der Waals surface area contributed by atoms with Gasteiger partial charge in [0, 0.05) is 17.3 Å². The predicted octanol–water partition coefficient (Wildman–Crippen LogP) is 4.19. The lowest BCUT2D eigenvalue weighted by atomic mass is 10.1. The molecule has 0 fully saturated rings. The van der Waals surface area contributed by atoms with Gasteiger partial charge in [0.2, 0.25) is 0 Å². The fourth-order valence-electron chi connectivity index (χ4n) is 3.47. The molecule has 3 aromatic carbocycles. The number of carbonyl (C=O) groups is 2. The minimum atomic E-state index is -0.324. The molecule has 0 unspecified atom stereocenters. The fraction of sp³-hybridized carbons (Fsp3) is 0.200. The first-order valence-electron chi connectivity index (χ1n) is 10.1. The van der Waals surface area contributed by atoms with E-state index in [4.69, 9.17) is 14.2 Å². The molecule has 3 aromatic rings. The van der Waals surface area contributed by atoms with Crippen LogP contribution in [0.1, 0.15) is 21.5 Å². The first kappa shape index (κ1) is 21.2. The molecule has 1 aliphatic rings. The number of fused-ring (bicyclic) bond motifs is 1. The smallest absolute Gasteiger partial charge is 0.265 e. The SMILES string of the molecule is COc1cc(OC)cc(C(=O)Nc2ccc3c(c2)N(Cc2ccc(C)cc2)C(=O)CO3)c1. The molecule has 0 bridgehead atoms. The molecule has 1 aliphatic heterocycles. The number of benzene rings is 3. The number of amides is 2. The molecule has 4 rings (SSSR count). The monoisotopic (exact) mass is 432 g/mol. The molecule has 32 heavy (non-hydrogen) atoms. The molecule has 164 valence electrons. The lowest BCUT2D eigenvalue weighted by Gasteiger charge is -2.30. The Morgan fingerprint density at radius 3 is 2.34 bits per heavy atom. The van der Waals surface area contributed by atoms with Crippen LogP contribution in [0, 0.1) is 6.92 Å². The number of hydrogen-bond donors (Lipinski definition) is 1. The maximum absolute atomic E-state index is 12.9. The average molecular weight is 432 g/mol. The third-order valence-corrected chi connectivity index (χ3v) is 5.23. The van der Waals surface area contributed by atoms with Crippen molar-refractivity contribution in [3.8, 4) is 17.2 Å². The molecule has 0 aromatic heterocycles. The van der Waals surface area contributed by atoms with Crippen molar-refractivity contribution in [1.82, 2.24) is 0 Å². The van der Waals surface area contributed by atoms with E-state index in [-0.39, 0.29) is 18.4 Å². The van der Waals surface area contributed by atoms with Gasteiger partial charge in [-0.3, -0.25) is 9.59 Å². The van der Waals surface area contributed by atoms with Gasteiger partial charge in [0.25, 0.3) is 11.8 Å². The number of nitrogens with zero attached hydrogens (tertiary/aromatic N) is 1. The van der Waals surface area contributed by atoms with E-state index in [1.54, 1.807) is 41.3 Å². The van der Waals surface area contributed by atoms with Crippen LogP contribution in [0.5, 0.6) is 17.2 Å². The van der Waals surface area contributed by atoms with Gasteiger partial charge >= 0.3 is 0 Å². The first-order valence-corrected chi connectivity index (χ1v) is 10.1. The molecule has 0 spiro atoms. The Balaban J connectivity index is 1.59. The molecule has 7 heteroatoms. The molecule has 0 aliphatic carbocycles. The highest BCUT2D eigenvalue weighted by atomic mass is 16.5. The minimum Gasteiger partial charge on any atom is -0.497 e. The highest BCUT2D eigenvalue weighted by Crippen LogP contribution is 2.36. The Labute approximate surface area is 186 Å². The number of ether oxygens (including phenoxy) is 3. The number of hydrogen-bond acceptors (Lipinski definition) is 5. The van der Waals surface area contributed by atoms with Crippen molar-refractivity contribution < 1.29 is 23.8 Å². The van der Waals surface area contributed by atoms with Crippen molar-refractivity contribution in [1.29, 1.82) is 0 Å². The fourth-order valence-corrected chi connectivity index (χ4v) is 3.47. The third kappa shape index (κ3) is 4.51. The third-order valence-electron chi connectivity index (χ3n) is 5.23. The summed E-state index contributed by atoms with van der Waals surface area (Å²) in [5.41, 5.74) is 3.71. The van der Waals surface area contributed by atoms with Crippen molar-refractivity contribution in [3.63, 3.8) is 0 Å². The summed E-state index contributed by atoms with van der Waals surface area (Å²) in [7, 11) is 3.05.